The number of hydrogen-bond acceptors (Lipinski definition) is 2. The molecular formula is C17H20O2. The minimum Gasteiger partial charge on any atom is -0.454 e. The molecule has 0 radical (unpaired) electrons. The summed E-state index contributed by atoms with van der Waals surface area (Å²) in [5.74, 6) is -0.249. The highest BCUT2D eigenvalue weighted by atomic mass is 16.6. The van der Waals surface area contributed by atoms with Crippen molar-refractivity contribution in [2.45, 2.75) is 50.5 Å². The average Bonchev–Trinajstić information content (AvgIpc) is 3.14. The summed E-state index contributed by atoms with van der Waals surface area (Å²) in [5.41, 5.74) is 2.94. The van der Waals surface area contributed by atoms with E-state index < -0.39 is 0 Å². The van der Waals surface area contributed by atoms with Crippen LogP contribution in [-0.4, -0.2) is 11.6 Å². The summed E-state index contributed by atoms with van der Waals surface area (Å²) in [6, 6.07) is 8.53. The van der Waals surface area contributed by atoms with Crippen molar-refractivity contribution in [1.82, 2.24) is 0 Å². The fourth-order valence-corrected chi connectivity index (χ4v) is 3.65. The highest BCUT2D eigenvalue weighted by Crippen LogP contribution is 2.64. The molecular weight excluding hydrogens is 236 g/mol. The Balaban J connectivity index is 2.01. The second-order valence-corrected chi connectivity index (χ2v) is 5.93. The maximum atomic E-state index is 12.0. The standard InChI is InChI=1S/C17H20O2/c1-4-17(19-15(18)12(2)3)11-13-7-5-6-8-14(13)16(17)9-10-16/h5-8H,2,4,9-11H2,1,3H3. The molecule has 1 fully saturated rings. The zero-order chi connectivity index (χ0) is 13.7. The molecule has 1 aromatic rings. The predicted octanol–water partition coefficient (Wildman–Crippen LogP) is 3.54. The van der Waals surface area contributed by atoms with Crippen LogP contribution in [0.25, 0.3) is 0 Å². The van der Waals surface area contributed by atoms with Gasteiger partial charge in [-0.25, -0.2) is 4.79 Å². The van der Waals surface area contributed by atoms with Crippen LogP contribution >= 0.6 is 0 Å². The molecule has 3 rings (SSSR count). The summed E-state index contributed by atoms with van der Waals surface area (Å²) in [7, 11) is 0. The van der Waals surface area contributed by atoms with Crippen LogP contribution in [0, 0.1) is 0 Å². The van der Waals surface area contributed by atoms with E-state index in [1.165, 1.54) is 11.1 Å². The van der Waals surface area contributed by atoms with Gasteiger partial charge in [-0.05, 0) is 37.3 Å². The monoisotopic (exact) mass is 256 g/mol. The molecule has 1 aromatic carbocycles. The van der Waals surface area contributed by atoms with Crippen molar-refractivity contribution < 1.29 is 9.53 Å². The second-order valence-electron chi connectivity index (χ2n) is 5.93. The molecule has 0 aliphatic heterocycles. The smallest absolute Gasteiger partial charge is 0.333 e. The summed E-state index contributed by atoms with van der Waals surface area (Å²) < 4.78 is 5.93. The van der Waals surface area contributed by atoms with Gasteiger partial charge in [0, 0.05) is 17.4 Å². The summed E-state index contributed by atoms with van der Waals surface area (Å²) in [6.07, 6.45) is 3.96. The van der Waals surface area contributed by atoms with Crippen LogP contribution in [0.3, 0.4) is 0 Å². The Morgan fingerprint density at radius 2 is 2.05 bits per heavy atom. The number of carbonyl (C=O) groups excluding carboxylic acids is 1. The van der Waals surface area contributed by atoms with Gasteiger partial charge in [-0.1, -0.05) is 37.8 Å². The number of benzene rings is 1. The van der Waals surface area contributed by atoms with Gasteiger partial charge in [0.1, 0.15) is 5.60 Å². The molecule has 0 amide bonds. The number of carbonyl (C=O) groups is 1. The molecule has 2 heteroatoms. The van der Waals surface area contributed by atoms with Gasteiger partial charge in [0.05, 0.1) is 0 Å². The minimum atomic E-state index is -0.354. The summed E-state index contributed by atoms with van der Waals surface area (Å²) in [5, 5.41) is 0. The Kier molecular flexibility index (Phi) is 2.60. The van der Waals surface area contributed by atoms with E-state index in [9.17, 15) is 4.79 Å². The maximum absolute atomic E-state index is 12.0. The van der Waals surface area contributed by atoms with Crippen LogP contribution in [-0.2, 0) is 21.4 Å². The summed E-state index contributed by atoms with van der Waals surface area (Å²) in [6.45, 7) is 7.54. The molecule has 0 saturated heterocycles. The van der Waals surface area contributed by atoms with E-state index in [1.54, 1.807) is 6.92 Å². The number of esters is 1. The van der Waals surface area contributed by atoms with Gasteiger partial charge in [0.15, 0.2) is 0 Å². The Labute approximate surface area is 114 Å². The average molecular weight is 256 g/mol. The third-order valence-corrected chi connectivity index (χ3v) is 4.84. The Hall–Kier alpha value is -1.57. The largest absolute Gasteiger partial charge is 0.454 e. The van der Waals surface area contributed by atoms with Crippen molar-refractivity contribution in [2.24, 2.45) is 0 Å². The van der Waals surface area contributed by atoms with E-state index >= 15 is 0 Å². The first-order chi connectivity index (χ1) is 9.05. The van der Waals surface area contributed by atoms with Gasteiger partial charge in [-0.3, -0.25) is 0 Å². The van der Waals surface area contributed by atoms with Crippen LogP contribution in [0.4, 0.5) is 0 Å². The highest BCUT2D eigenvalue weighted by molar-refractivity contribution is 5.87. The van der Waals surface area contributed by atoms with Gasteiger partial charge in [0.2, 0.25) is 0 Å². The second kappa shape index (κ2) is 3.96. The van der Waals surface area contributed by atoms with Crippen molar-refractivity contribution in [3.05, 3.63) is 47.5 Å². The zero-order valence-electron chi connectivity index (χ0n) is 11.7. The lowest BCUT2D eigenvalue weighted by atomic mass is 9.82. The van der Waals surface area contributed by atoms with E-state index in [4.69, 9.17) is 4.74 Å². The summed E-state index contributed by atoms with van der Waals surface area (Å²) >= 11 is 0. The zero-order valence-corrected chi connectivity index (χ0v) is 11.7. The number of fused-ring (bicyclic) bond motifs is 2. The molecule has 0 heterocycles. The normalized spacial score (nSPS) is 26.0. The number of ether oxygens (including phenoxy) is 1. The molecule has 2 nitrogen and oxygen atoms in total. The van der Waals surface area contributed by atoms with Crippen LogP contribution in [0.2, 0.25) is 0 Å². The van der Waals surface area contributed by atoms with E-state index in [2.05, 4.69) is 37.8 Å². The fourth-order valence-electron chi connectivity index (χ4n) is 3.65. The predicted molar refractivity (Wildman–Crippen MR) is 75.0 cm³/mol. The van der Waals surface area contributed by atoms with Crippen molar-refractivity contribution in [3.63, 3.8) is 0 Å². The van der Waals surface area contributed by atoms with Gasteiger partial charge in [-0.15, -0.1) is 0 Å². The third-order valence-electron chi connectivity index (χ3n) is 4.84. The molecule has 19 heavy (non-hydrogen) atoms. The lowest BCUT2D eigenvalue weighted by molar-refractivity contribution is -0.158. The Morgan fingerprint density at radius 1 is 1.37 bits per heavy atom. The number of hydrogen-bond donors (Lipinski definition) is 0. The molecule has 0 bridgehead atoms. The lowest BCUT2D eigenvalue weighted by Crippen LogP contribution is -2.44. The molecule has 2 aliphatic rings. The fraction of sp³-hybridized carbons (Fsp3) is 0.471. The van der Waals surface area contributed by atoms with Crippen LogP contribution in [0.15, 0.2) is 36.4 Å². The molecule has 0 aromatic heterocycles. The molecule has 1 atom stereocenters. The minimum absolute atomic E-state index is 0.0729. The van der Waals surface area contributed by atoms with E-state index in [-0.39, 0.29) is 17.0 Å². The SMILES string of the molecule is C=C(C)C(=O)OC1(CC)Cc2ccccc2C12CC2. The Morgan fingerprint density at radius 3 is 2.63 bits per heavy atom. The summed E-state index contributed by atoms with van der Waals surface area (Å²) in [4.78, 5) is 12.0. The van der Waals surface area contributed by atoms with Crippen LogP contribution < -0.4 is 0 Å². The number of rotatable bonds is 3. The first-order valence-electron chi connectivity index (χ1n) is 7.02. The van der Waals surface area contributed by atoms with E-state index in [1.807, 2.05) is 0 Å². The van der Waals surface area contributed by atoms with Crippen molar-refractivity contribution >= 4 is 5.97 Å². The lowest BCUT2D eigenvalue weighted by Gasteiger charge is -2.35. The van der Waals surface area contributed by atoms with Crippen molar-refractivity contribution in [1.29, 1.82) is 0 Å². The molecule has 1 spiro atoms. The molecule has 1 saturated carbocycles. The quantitative estimate of drug-likeness (QED) is 0.610. The Bertz CT molecular complexity index is 554. The molecule has 2 aliphatic carbocycles. The van der Waals surface area contributed by atoms with Gasteiger partial charge >= 0.3 is 5.97 Å². The maximum Gasteiger partial charge on any atom is 0.333 e. The topological polar surface area (TPSA) is 26.3 Å². The van der Waals surface area contributed by atoms with E-state index in [0.29, 0.717) is 5.57 Å². The van der Waals surface area contributed by atoms with Gasteiger partial charge in [0.25, 0.3) is 0 Å². The molecule has 0 N–H and O–H groups in total. The van der Waals surface area contributed by atoms with Crippen LogP contribution in [0.5, 0.6) is 0 Å². The third kappa shape index (κ3) is 1.59. The van der Waals surface area contributed by atoms with Gasteiger partial charge < -0.3 is 4.74 Å². The first-order valence-corrected chi connectivity index (χ1v) is 7.02. The van der Waals surface area contributed by atoms with Gasteiger partial charge in [-0.2, -0.15) is 0 Å². The molecule has 1 unspecified atom stereocenters. The van der Waals surface area contributed by atoms with E-state index in [0.717, 1.165) is 25.7 Å². The van der Waals surface area contributed by atoms with Crippen molar-refractivity contribution in [3.8, 4) is 0 Å². The first kappa shape index (κ1) is 12.5. The van der Waals surface area contributed by atoms with Crippen LogP contribution in [0.1, 0.15) is 44.2 Å². The molecule has 100 valence electrons. The highest BCUT2D eigenvalue weighted by Gasteiger charge is 2.65. The van der Waals surface area contributed by atoms with Crippen molar-refractivity contribution in [2.75, 3.05) is 0 Å².